The molecule has 0 radical (unpaired) electrons. The molecule has 1 spiro atoms. The number of carbonyl (C=O) groups excluding carboxylic acids is 2. The van der Waals surface area contributed by atoms with Gasteiger partial charge in [-0.25, -0.2) is 0 Å². The van der Waals surface area contributed by atoms with Crippen molar-refractivity contribution in [3.63, 3.8) is 0 Å². The molecular formula is C26H26ClN3O2. The van der Waals surface area contributed by atoms with Gasteiger partial charge < -0.3 is 14.4 Å². The van der Waals surface area contributed by atoms with Crippen LogP contribution in [0.5, 0.6) is 0 Å². The molecule has 1 aromatic heterocycles. The zero-order chi connectivity index (χ0) is 22.5. The van der Waals surface area contributed by atoms with Crippen molar-refractivity contribution < 1.29 is 9.59 Å². The van der Waals surface area contributed by atoms with Gasteiger partial charge in [-0.05, 0) is 50.1 Å². The first-order valence-corrected chi connectivity index (χ1v) is 11.4. The molecular weight excluding hydrogens is 422 g/mol. The number of rotatable bonds is 3. The molecule has 2 fully saturated rings. The summed E-state index contributed by atoms with van der Waals surface area (Å²) in [7, 11) is 0. The van der Waals surface area contributed by atoms with Crippen molar-refractivity contribution >= 4 is 34.3 Å². The van der Waals surface area contributed by atoms with Crippen LogP contribution in [0, 0.1) is 5.41 Å². The predicted molar refractivity (Wildman–Crippen MR) is 127 cm³/mol. The van der Waals surface area contributed by atoms with Crippen LogP contribution in [0.4, 0.5) is 0 Å². The van der Waals surface area contributed by atoms with Crippen molar-refractivity contribution in [2.75, 3.05) is 19.6 Å². The number of hydrogen-bond acceptors (Lipinski definition) is 2. The lowest BCUT2D eigenvalue weighted by atomic mass is 9.69. The standard InChI is InChI=1S/C26H26ClN3O2/c1-3-24(31)28-16-26(17-28)12-13-29(18(2)15-26)25(32)23-14-19-8-4-6-10-21(19)30(23)22-11-7-5-9-20(22)27/h3-11,14,18H,1,12-13,15-17H2,2H3/t18-/m0/s1. The van der Waals surface area contributed by atoms with Crippen molar-refractivity contribution in [2.24, 2.45) is 5.41 Å². The summed E-state index contributed by atoms with van der Waals surface area (Å²) in [5, 5.41) is 1.62. The number of nitrogens with zero attached hydrogens (tertiary/aromatic N) is 3. The quantitative estimate of drug-likeness (QED) is 0.535. The second kappa shape index (κ2) is 7.82. The van der Waals surface area contributed by atoms with Gasteiger partial charge in [0.25, 0.3) is 5.91 Å². The molecule has 0 saturated carbocycles. The molecule has 6 heteroatoms. The molecule has 2 aliphatic heterocycles. The van der Waals surface area contributed by atoms with E-state index in [1.807, 2.05) is 69.0 Å². The minimum atomic E-state index is -0.00830. The summed E-state index contributed by atoms with van der Waals surface area (Å²) < 4.78 is 1.98. The lowest BCUT2D eigenvalue weighted by molar-refractivity contribution is -0.142. The summed E-state index contributed by atoms with van der Waals surface area (Å²) in [6, 6.07) is 17.7. The number of aromatic nitrogens is 1. The van der Waals surface area contributed by atoms with E-state index in [0.717, 1.165) is 42.5 Å². The van der Waals surface area contributed by atoms with Gasteiger partial charge in [-0.15, -0.1) is 0 Å². The lowest BCUT2D eigenvalue weighted by Gasteiger charge is -2.55. The van der Waals surface area contributed by atoms with E-state index in [9.17, 15) is 9.59 Å². The van der Waals surface area contributed by atoms with Crippen LogP contribution in [0.2, 0.25) is 5.02 Å². The van der Waals surface area contributed by atoms with Crippen LogP contribution in [0.1, 0.15) is 30.3 Å². The van der Waals surface area contributed by atoms with E-state index in [-0.39, 0.29) is 23.3 Å². The number of benzene rings is 2. The van der Waals surface area contributed by atoms with Crippen LogP contribution in [-0.2, 0) is 4.79 Å². The Morgan fingerprint density at radius 2 is 1.84 bits per heavy atom. The molecule has 0 aliphatic carbocycles. The van der Waals surface area contributed by atoms with Crippen molar-refractivity contribution in [3.05, 3.63) is 78.0 Å². The Hall–Kier alpha value is -3.05. The minimum Gasteiger partial charge on any atom is -0.338 e. The lowest BCUT2D eigenvalue weighted by Crippen LogP contribution is -2.63. The fourth-order valence-corrected chi connectivity index (χ4v) is 5.63. The SMILES string of the molecule is C=CC(=O)N1CC2(CCN(C(=O)c3cc4ccccc4n3-c3ccccc3Cl)[C@@H](C)C2)C1. The molecule has 0 bridgehead atoms. The van der Waals surface area contributed by atoms with E-state index in [4.69, 9.17) is 11.6 Å². The zero-order valence-electron chi connectivity index (χ0n) is 18.1. The first-order chi connectivity index (χ1) is 15.4. The van der Waals surface area contributed by atoms with Gasteiger partial charge in [-0.3, -0.25) is 9.59 Å². The molecule has 3 heterocycles. The number of amides is 2. The number of likely N-dealkylation sites (tertiary alicyclic amines) is 2. The normalized spacial score (nSPS) is 19.8. The maximum Gasteiger partial charge on any atom is 0.271 e. The molecule has 1 atom stereocenters. The molecule has 2 aliphatic rings. The predicted octanol–water partition coefficient (Wildman–Crippen LogP) is 4.92. The summed E-state index contributed by atoms with van der Waals surface area (Å²) in [6.07, 6.45) is 3.17. The number of halogens is 1. The van der Waals surface area contributed by atoms with E-state index in [1.54, 1.807) is 0 Å². The second-order valence-corrected chi connectivity index (χ2v) is 9.48. The topological polar surface area (TPSA) is 45.6 Å². The third-order valence-corrected chi connectivity index (χ3v) is 7.29. The summed E-state index contributed by atoms with van der Waals surface area (Å²) in [6.45, 7) is 7.88. The Balaban J connectivity index is 1.45. The van der Waals surface area contributed by atoms with Gasteiger partial charge in [0.1, 0.15) is 5.69 Å². The van der Waals surface area contributed by atoms with Crippen LogP contribution in [0.15, 0.2) is 67.3 Å². The van der Waals surface area contributed by atoms with Crippen LogP contribution < -0.4 is 0 Å². The summed E-state index contributed by atoms with van der Waals surface area (Å²) in [5.41, 5.74) is 2.50. The van der Waals surface area contributed by atoms with E-state index in [1.165, 1.54) is 6.08 Å². The number of carbonyl (C=O) groups is 2. The highest BCUT2D eigenvalue weighted by Gasteiger charge is 2.49. The molecule has 2 saturated heterocycles. The third-order valence-electron chi connectivity index (χ3n) is 6.97. The highest BCUT2D eigenvalue weighted by Crippen LogP contribution is 2.43. The van der Waals surface area contributed by atoms with Crippen LogP contribution in [0.25, 0.3) is 16.6 Å². The van der Waals surface area contributed by atoms with Crippen molar-refractivity contribution in [2.45, 2.75) is 25.8 Å². The Labute approximate surface area is 192 Å². The monoisotopic (exact) mass is 447 g/mol. The van der Waals surface area contributed by atoms with E-state index in [0.29, 0.717) is 17.3 Å². The van der Waals surface area contributed by atoms with Gasteiger partial charge >= 0.3 is 0 Å². The van der Waals surface area contributed by atoms with Gasteiger partial charge in [0.2, 0.25) is 5.91 Å². The van der Waals surface area contributed by atoms with Gasteiger partial charge in [0, 0.05) is 36.5 Å². The van der Waals surface area contributed by atoms with Crippen LogP contribution in [-0.4, -0.2) is 51.9 Å². The molecule has 164 valence electrons. The number of fused-ring (bicyclic) bond motifs is 1. The first-order valence-electron chi connectivity index (χ1n) is 11.0. The number of para-hydroxylation sites is 2. The Morgan fingerprint density at radius 3 is 2.56 bits per heavy atom. The highest BCUT2D eigenvalue weighted by molar-refractivity contribution is 6.32. The average Bonchev–Trinajstić information content (AvgIpc) is 3.16. The van der Waals surface area contributed by atoms with Gasteiger partial charge in [-0.1, -0.05) is 48.5 Å². The summed E-state index contributed by atoms with van der Waals surface area (Å²) in [5.74, 6) is 0.00728. The third kappa shape index (κ3) is 3.32. The zero-order valence-corrected chi connectivity index (χ0v) is 18.9. The molecule has 2 aromatic carbocycles. The van der Waals surface area contributed by atoms with E-state index >= 15 is 0 Å². The Kier molecular flexibility index (Phi) is 5.09. The average molecular weight is 448 g/mol. The summed E-state index contributed by atoms with van der Waals surface area (Å²) >= 11 is 6.54. The molecule has 5 nitrogen and oxygen atoms in total. The molecule has 32 heavy (non-hydrogen) atoms. The highest BCUT2D eigenvalue weighted by atomic mass is 35.5. The first kappa shape index (κ1) is 20.8. The summed E-state index contributed by atoms with van der Waals surface area (Å²) in [4.78, 5) is 29.5. The van der Waals surface area contributed by atoms with Crippen LogP contribution in [0.3, 0.4) is 0 Å². The molecule has 5 rings (SSSR count). The number of hydrogen-bond donors (Lipinski definition) is 0. The van der Waals surface area contributed by atoms with Crippen molar-refractivity contribution in [1.29, 1.82) is 0 Å². The molecule has 0 N–H and O–H groups in total. The van der Waals surface area contributed by atoms with E-state index < -0.39 is 0 Å². The van der Waals surface area contributed by atoms with Crippen molar-refractivity contribution in [3.8, 4) is 5.69 Å². The fourth-order valence-electron chi connectivity index (χ4n) is 5.41. The van der Waals surface area contributed by atoms with Crippen molar-refractivity contribution in [1.82, 2.24) is 14.4 Å². The maximum absolute atomic E-state index is 13.8. The van der Waals surface area contributed by atoms with E-state index in [2.05, 4.69) is 13.5 Å². The largest absolute Gasteiger partial charge is 0.338 e. The van der Waals surface area contributed by atoms with Gasteiger partial charge in [0.05, 0.1) is 16.2 Å². The Bertz CT molecular complexity index is 1220. The fraction of sp³-hybridized carbons (Fsp3) is 0.308. The van der Waals surface area contributed by atoms with Gasteiger partial charge in [0.15, 0.2) is 0 Å². The second-order valence-electron chi connectivity index (χ2n) is 9.08. The maximum atomic E-state index is 13.8. The molecule has 2 amide bonds. The molecule has 3 aromatic rings. The minimum absolute atomic E-state index is 0.00830. The Morgan fingerprint density at radius 1 is 1.12 bits per heavy atom. The molecule has 0 unspecified atom stereocenters. The number of piperidine rings is 1. The smallest absolute Gasteiger partial charge is 0.271 e. The van der Waals surface area contributed by atoms with Crippen LogP contribution >= 0.6 is 11.6 Å². The van der Waals surface area contributed by atoms with Gasteiger partial charge in [-0.2, -0.15) is 0 Å².